The summed E-state index contributed by atoms with van der Waals surface area (Å²) >= 11 is 5.93. The van der Waals surface area contributed by atoms with Crippen molar-refractivity contribution in [2.75, 3.05) is 13.6 Å². The fourth-order valence-electron chi connectivity index (χ4n) is 2.14. The largest absolute Gasteiger partial charge is 0.314 e. The second kappa shape index (κ2) is 7.88. The van der Waals surface area contributed by atoms with Gasteiger partial charge in [0.05, 0.1) is 0 Å². The number of nitrogens with one attached hydrogen (secondary N) is 1. The van der Waals surface area contributed by atoms with Crippen LogP contribution in [0.25, 0.3) is 0 Å². The highest BCUT2D eigenvalue weighted by molar-refractivity contribution is 6.30. The minimum absolute atomic E-state index is 0.409. The van der Waals surface area contributed by atoms with Gasteiger partial charge >= 0.3 is 0 Å². The van der Waals surface area contributed by atoms with E-state index in [1.165, 1.54) is 5.56 Å². The number of benzene rings is 1. The fourth-order valence-corrected chi connectivity index (χ4v) is 2.27. The third-order valence-electron chi connectivity index (χ3n) is 3.77. The molecule has 1 aromatic rings. The second-order valence-electron chi connectivity index (χ2n) is 5.64. The van der Waals surface area contributed by atoms with Crippen molar-refractivity contribution in [3.05, 3.63) is 34.9 Å². The Kier molecular flexibility index (Phi) is 6.84. The zero-order valence-corrected chi connectivity index (χ0v) is 13.5. The van der Waals surface area contributed by atoms with Gasteiger partial charge in [-0.05, 0) is 51.6 Å². The van der Waals surface area contributed by atoms with Crippen LogP contribution < -0.4 is 5.32 Å². The maximum atomic E-state index is 5.93. The first kappa shape index (κ1) is 16.5. The van der Waals surface area contributed by atoms with E-state index in [2.05, 4.69) is 57.1 Å². The Morgan fingerprint density at radius 3 is 2.21 bits per heavy atom. The Bertz CT molecular complexity index is 362. The molecular formula is C16H27ClN2. The fraction of sp³-hybridized carbons (Fsp3) is 0.625. The lowest BCUT2D eigenvalue weighted by atomic mass is 10.0. The average Bonchev–Trinajstić information content (AvgIpc) is 2.37. The third-order valence-corrected chi connectivity index (χ3v) is 4.03. The third kappa shape index (κ3) is 5.52. The molecule has 108 valence electrons. The molecule has 0 spiro atoms. The molecule has 1 rings (SSSR count). The highest BCUT2D eigenvalue weighted by Gasteiger charge is 2.17. The molecule has 0 saturated heterocycles. The van der Waals surface area contributed by atoms with Crippen LogP contribution in [-0.4, -0.2) is 30.6 Å². The van der Waals surface area contributed by atoms with Gasteiger partial charge in [0.2, 0.25) is 0 Å². The lowest BCUT2D eigenvalue weighted by Gasteiger charge is -2.31. The van der Waals surface area contributed by atoms with Crippen LogP contribution in [0.5, 0.6) is 0 Å². The van der Waals surface area contributed by atoms with Gasteiger partial charge in [-0.2, -0.15) is 0 Å². The van der Waals surface area contributed by atoms with Crippen molar-refractivity contribution in [3.8, 4) is 0 Å². The molecule has 0 aromatic heterocycles. The van der Waals surface area contributed by atoms with Crippen molar-refractivity contribution in [1.82, 2.24) is 10.2 Å². The quantitative estimate of drug-likeness (QED) is 0.810. The number of rotatable bonds is 7. The molecule has 19 heavy (non-hydrogen) atoms. The predicted octanol–water partition coefficient (Wildman–Crippen LogP) is 4.11. The molecule has 2 unspecified atom stereocenters. The van der Waals surface area contributed by atoms with Gasteiger partial charge < -0.3 is 5.32 Å². The Morgan fingerprint density at radius 2 is 1.68 bits per heavy atom. The SMILES string of the molecule is CC(C)NCCC(C)N(C)C(C)c1ccc(Cl)cc1. The summed E-state index contributed by atoms with van der Waals surface area (Å²) in [6, 6.07) is 9.68. The first-order valence-corrected chi connectivity index (χ1v) is 7.50. The standard InChI is InChI=1S/C16H27ClN2/c1-12(2)18-11-10-13(3)19(5)14(4)15-6-8-16(17)9-7-15/h6-9,12-14,18H,10-11H2,1-5H3. The van der Waals surface area contributed by atoms with Gasteiger partial charge in [-0.3, -0.25) is 4.90 Å². The van der Waals surface area contributed by atoms with Crippen LogP contribution in [0.2, 0.25) is 5.02 Å². The zero-order valence-electron chi connectivity index (χ0n) is 12.8. The number of hydrogen-bond donors (Lipinski definition) is 1. The molecule has 0 amide bonds. The van der Waals surface area contributed by atoms with Crippen LogP contribution in [0.15, 0.2) is 24.3 Å². The molecule has 0 fully saturated rings. The predicted molar refractivity (Wildman–Crippen MR) is 84.8 cm³/mol. The molecular weight excluding hydrogens is 256 g/mol. The summed E-state index contributed by atoms with van der Waals surface area (Å²) in [5.74, 6) is 0. The van der Waals surface area contributed by atoms with Crippen LogP contribution in [-0.2, 0) is 0 Å². The van der Waals surface area contributed by atoms with Crippen LogP contribution in [0, 0.1) is 0 Å². The van der Waals surface area contributed by atoms with Crippen LogP contribution in [0.4, 0.5) is 0 Å². The molecule has 2 atom stereocenters. The van der Waals surface area contributed by atoms with Gasteiger partial charge in [0.25, 0.3) is 0 Å². The Balaban J connectivity index is 2.51. The first-order valence-electron chi connectivity index (χ1n) is 7.12. The molecule has 0 aliphatic carbocycles. The van der Waals surface area contributed by atoms with E-state index in [9.17, 15) is 0 Å². The molecule has 3 heteroatoms. The lowest BCUT2D eigenvalue weighted by molar-refractivity contribution is 0.187. The monoisotopic (exact) mass is 282 g/mol. The van der Waals surface area contributed by atoms with Crippen LogP contribution >= 0.6 is 11.6 Å². The van der Waals surface area contributed by atoms with E-state index in [4.69, 9.17) is 11.6 Å². The summed E-state index contributed by atoms with van der Waals surface area (Å²) in [5.41, 5.74) is 1.32. The Labute approximate surface area is 123 Å². The van der Waals surface area contributed by atoms with Crippen LogP contribution in [0.3, 0.4) is 0 Å². The molecule has 0 aliphatic heterocycles. The highest BCUT2D eigenvalue weighted by atomic mass is 35.5. The topological polar surface area (TPSA) is 15.3 Å². The summed E-state index contributed by atoms with van der Waals surface area (Å²) in [5, 5.41) is 4.27. The Hall–Kier alpha value is -0.570. The first-order chi connectivity index (χ1) is 8.91. The molecule has 0 heterocycles. The van der Waals surface area contributed by atoms with Crippen molar-refractivity contribution < 1.29 is 0 Å². The van der Waals surface area contributed by atoms with Crippen molar-refractivity contribution in [2.24, 2.45) is 0 Å². The van der Waals surface area contributed by atoms with Gasteiger partial charge in [0.1, 0.15) is 0 Å². The molecule has 0 bridgehead atoms. The smallest absolute Gasteiger partial charge is 0.0406 e. The summed E-state index contributed by atoms with van der Waals surface area (Å²) in [6.45, 7) is 9.97. The van der Waals surface area contributed by atoms with Gasteiger partial charge in [0.15, 0.2) is 0 Å². The summed E-state index contributed by atoms with van der Waals surface area (Å²) in [4.78, 5) is 2.42. The maximum absolute atomic E-state index is 5.93. The van der Waals surface area contributed by atoms with Gasteiger partial charge in [-0.1, -0.05) is 37.6 Å². The molecule has 0 aliphatic rings. The minimum atomic E-state index is 0.409. The Morgan fingerprint density at radius 1 is 1.11 bits per heavy atom. The molecule has 0 radical (unpaired) electrons. The number of hydrogen-bond acceptors (Lipinski definition) is 2. The van der Waals surface area contributed by atoms with Crippen molar-refractivity contribution >= 4 is 11.6 Å². The van der Waals surface area contributed by atoms with E-state index in [0.29, 0.717) is 18.1 Å². The second-order valence-corrected chi connectivity index (χ2v) is 6.08. The zero-order chi connectivity index (χ0) is 14.4. The number of halogens is 1. The number of nitrogens with zero attached hydrogens (tertiary/aromatic N) is 1. The van der Waals surface area contributed by atoms with E-state index in [-0.39, 0.29) is 0 Å². The minimum Gasteiger partial charge on any atom is -0.314 e. The van der Waals surface area contributed by atoms with Crippen molar-refractivity contribution in [3.63, 3.8) is 0 Å². The van der Waals surface area contributed by atoms with Crippen LogP contribution in [0.1, 0.15) is 45.7 Å². The van der Waals surface area contributed by atoms with E-state index >= 15 is 0 Å². The van der Waals surface area contributed by atoms with E-state index in [1.54, 1.807) is 0 Å². The van der Waals surface area contributed by atoms with Crippen molar-refractivity contribution in [2.45, 2.75) is 52.2 Å². The average molecular weight is 283 g/mol. The molecule has 1 N–H and O–H groups in total. The summed E-state index contributed by atoms with van der Waals surface area (Å²) in [7, 11) is 2.19. The van der Waals surface area contributed by atoms with E-state index < -0.39 is 0 Å². The molecule has 1 aromatic carbocycles. The van der Waals surface area contributed by atoms with E-state index in [0.717, 1.165) is 18.0 Å². The maximum Gasteiger partial charge on any atom is 0.0406 e. The van der Waals surface area contributed by atoms with E-state index in [1.807, 2.05) is 12.1 Å². The summed E-state index contributed by atoms with van der Waals surface area (Å²) in [6.07, 6.45) is 1.16. The van der Waals surface area contributed by atoms with Gasteiger partial charge in [-0.15, -0.1) is 0 Å². The molecule has 0 saturated carbocycles. The molecule has 2 nitrogen and oxygen atoms in total. The normalized spacial score (nSPS) is 14.9. The lowest BCUT2D eigenvalue weighted by Crippen LogP contribution is -2.35. The van der Waals surface area contributed by atoms with Gasteiger partial charge in [-0.25, -0.2) is 0 Å². The van der Waals surface area contributed by atoms with Gasteiger partial charge in [0, 0.05) is 23.1 Å². The highest BCUT2D eigenvalue weighted by Crippen LogP contribution is 2.23. The summed E-state index contributed by atoms with van der Waals surface area (Å²) < 4.78 is 0. The van der Waals surface area contributed by atoms with Crippen molar-refractivity contribution in [1.29, 1.82) is 0 Å².